The standard InChI is InChI=1S/C14H13F3N2O2S/c1-2-22(20,21)19-10-5-3-9(4-6-10)18-12-8-7-11(15)13(16)14(12)17/h3-8,18-19H,2H2,1H3. The van der Waals surface area contributed by atoms with Gasteiger partial charge in [-0.2, -0.15) is 0 Å². The van der Waals surface area contributed by atoms with Crippen LogP contribution in [0.4, 0.5) is 30.2 Å². The van der Waals surface area contributed by atoms with E-state index in [-0.39, 0.29) is 11.4 Å². The van der Waals surface area contributed by atoms with Gasteiger partial charge >= 0.3 is 0 Å². The van der Waals surface area contributed by atoms with Gasteiger partial charge in [0.25, 0.3) is 0 Å². The number of nitrogens with one attached hydrogen (secondary N) is 2. The van der Waals surface area contributed by atoms with Gasteiger partial charge in [0.15, 0.2) is 17.5 Å². The van der Waals surface area contributed by atoms with Gasteiger partial charge in [-0.3, -0.25) is 4.72 Å². The van der Waals surface area contributed by atoms with Crippen molar-refractivity contribution in [2.24, 2.45) is 0 Å². The smallest absolute Gasteiger partial charge is 0.232 e. The van der Waals surface area contributed by atoms with Crippen LogP contribution in [0.15, 0.2) is 36.4 Å². The maximum atomic E-state index is 13.5. The Morgan fingerprint density at radius 1 is 0.909 bits per heavy atom. The summed E-state index contributed by atoms with van der Waals surface area (Å²) in [5.41, 5.74) is 0.517. The Hall–Kier alpha value is -2.22. The number of hydrogen-bond donors (Lipinski definition) is 2. The second kappa shape index (κ2) is 6.27. The van der Waals surface area contributed by atoms with E-state index in [1.807, 2.05) is 0 Å². The van der Waals surface area contributed by atoms with Crippen molar-refractivity contribution in [3.05, 3.63) is 53.8 Å². The van der Waals surface area contributed by atoms with Crippen molar-refractivity contribution >= 4 is 27.1 Å². The summed E-state index contributed by atoms with van der Waals surface area (Å²) in [6, 6.07) is 7.77. The number of rotatable bonds is 5. The summed E-state index contributed by atoms with van der Waals surface area (Å²) < 4.78 is 64.6. The van der Waals surface area contributed by atoms with Crippen molar-refractivity contribution in [3.8, 4) is 0 Å². The van der Waals surface area contributed by atoms with Crippen molar-refractivity contribution in [2.75, 3.05) is 15.8 Å². The summed E-state index contributed by atoms with van der Waals surface area (Å²) in [7, 11) is -3.38. The first-order chi connectivity index (χ1) is 10.3. The summed E-state index contributed by atoms with van der Waals surface area (Å²) in [5.74, 6) is -4.21. The lowest BCUT2D eigenvalue weighted by atomic mass is 10.2. The Bertz CT molecular complexity index is 777. The third-order valence-electron chi connectivity index (χ3n) is 2.85. The van der Waals surface area contributed by atoms with Gasteiger partial charge in [0.1, 0.15) is 0 Å². The molecule has 2 rings (SSSR count). The van der Waals surface area contributed by atoms with Crippen LogP contribution in [0.25, 0.3) is 0 Å². The van der Waals surface area contributed by atoms with Crippen LogP contribution < -0.4 is 10.0 Å². The molecule has 0 aliphatic rings. The van der Waals surface area contributed by atoms with E-state index in [4.69, 9.17) is 0 Å². The molecule has 0 saturated heterocycles. The van der Waals surface area contributed by atoms with Crippen LogP contribution in [0, 0.1) is 17.5 Å². The quantitative estimate of drug-likeness (QED) is 0.824. The fraction of sp³-hybridized carbons (Fsp3) is 0.143. The zero-order valence-corrected chi connectivity index (χ0v) is 12.3. The molecule has 0 amide bonds. The second-order valence-corrected chi connectivity index (χ2v) is 6.44. The molecule has 0 radical (unpaired) electrons. The summed E-state index contributed by atoms with van der Waals surface area (Å²) in [6.45, 7) is 1.50. The Morgan fingerprint density at radius 3 is 2.09 bits per heavy atom. The van der Waals surface area contributed by atoms with E-state index in [2.05, 4.69) is 10.0 Å². The molecule has 4 nitrogen and oxygen atoms in total. The van der Waals surface area contributed by atoms with Crippen molar-refractivity contribution in [1.82, 2.24) is 0 Å². The average Bonchev–Trinajstić information content (AvgIpc) is 2.49. The van der Waals surface area contributed by atoms with Crippen LogP contribution in [0.3, 0.4) is 0 Å². The highest BCUT2D eigenvalue weighted by atomic mass is 32.2. The van der Waals surface area contributed by atoms with E-state index in [1.54, 1.807) is 0 Å². The predicted octanol–water partition coefficient (Wildman–Crippen LogP) is 3.61. The molecule has 0 fully saturated rings. The Morgan fingerprint density at radius 2 is 1.50 bits per heavy atom. The summed E-state index contributed by atoms with van der Waals surface area (Å²) >= 11 is 0. The summed E-state index contributed by atoms with van der Waals surface area (Å²) in [5, 5.41) is 2.59. The Labute approximate surface area is 126 Å². The molecule has 8 heteroatoms. The Balaban J connectivity index is 2.17. The second-order valence-electron chi connectivity index (χ2n) is 4.43. The van der Waals surface area contributed by atoms with Gasteiger partial charge in [0, 0.05) is 11.4 Å². The zero-order chi connectivity index (χ0) is 16.3. The fourth-order valence-electron chi connectivity index (χ4n) is 1.65. The van der Waals surface area contributed by atoms with Crippen LogP contribution in [-0.2, 0) is 10.0 Å². The monoisotopic (exact) mass is 330 g/mol. The van der Waals surface area contributed by atoms with E-state index >= 15 is 0 Å². The van der Waals surface area contributed by atoms with Gasteiger partial charge in [-0.15, -0.1) is 0 Å². The summed E-state index contributed by atoms with van der Waals surface area (Å²) in [6.07, 6.45) is 0. The minimum atomic E-state index is -3.38. The van der Waals surface area contributed by atoms with Crippen LogP contribution in [0.1, 0.15) is 6.92 Å². The molecular formula is C14H13F3N2O2S. The lowest BCUT2D eigenvalue weighted by Crippen LogP contribution is -2.14. The third kappa shape index (κ3) is 3.70. The van der Waals surface area contributed by atoms with Crippen LogP contribution in [0.2, 0.25) is 0 Å². The first kappa shape index (κ1) is 16.2. The van der Waals surface area contributed by atoms with Gasteiger partial charge in [-0.05, 0) is 43.3 Å². The molecule has 0 spiro atoms. The molecule has 0 heterocycles. The number of sulfonamides is 1. The van der Waals surface area contributed by atoms with E-state index in [9.17, 15) is 21.6 Å². The average molecular weight is 330 g/mol. The SMILES string of the molecule is CCS(=O)(=O)Nc1ccc(Nc2ccc(F)c(F)c2F)cc1. The highest BCUT2D eigenvalue weighted by Crippen LogP contribution is 2.24. The molecule has 118 valence electrons. The normalized spacial score (nSPS) is 11.3. The van der Waals surface area contributed by atoms with Gasteiger partial charge in [0.05, 0.1) is 11.4 Å². The molecular weight excluding hydrogens is 317 g/mol. The molecule has 2 N–H and O–H groups in total. The molecule has 2 aromatic carbocycles. The number of hydrogen-bond acceptors (Lipinski definition) is 3. The third-order valence-corrected chi connectivity index (χ3v) is 4.16. The minimum Gasteiger partial charge on any atom is -0.353 e. The highest BCUT2D eigenvalue weighted by Gasteiger charge is 2.13. The van der Waals surface area contributed by atoms with Crippen molar-refractivity contribution < 1.29 is 21.6 Å². The molecule has 0 bridgehead atoms. The molecule has 0 aliphatic carbocycles. The van der Waals surface area contributed by atoms with Gasteiger partial charge in [0.2, 0.25) is 10.0 Å². The largest absolute Gasteiger partial charge is 0.353 e. The van der Waals surface area contributed by atoms with Gasteiger partial charge in [-0.25, -0.2) is 21.6 Å². The first-order valence-corrected chi connectivity index (χ1v) is 7.98. The van der Waals surface area contributed by atoms with E-state index in [1.165, 1.54) is 31.2 Å². The number of anilines is 3. The zero-order valence-electron chi connectivity index (χ0n) is 11.5. The van der Waals surface area contributed by atoms with E-state index in [0.717, 1.165) is 12.1 Å². The summed E-state index contributed by atoms with van der Waals surface area (Å²) in [4.78, 5) is 0. The predicted molar refractivity (Wildman–Crippen MR) is 79.1 cm³/mol. The van der Waals surface area contributed by atoms with Crippen LogP contribution in [0.5, 0.6) is 0 Å². The maximum absolute atomic E-state index is 13.5. The molecule has 22 heavy (non-hydrogen) atoms. The fourth-order valence-corrected chi connectivity index (χ4v) is 2.29. The van der Waals surface area contributed by atoms with Crippen molar-refractivity contribution in [2.45, 2.75) is 6.92 Å². The number of benzene rings is 2. The number of halogens is 3. The Kier molecular flexibility index (Phi) is 4.60. The van der Waals surface area contributed by atoms with Crippen molar-refractivity contribution in [1.29, 1.82) is 0 Å². The minimum absolute atomic E-state index is 0.0624. The molecule has 0 aliphatic heterocycles. The molecule has 0 aromatic heterocycles. The highest BCUT2D eigenvalue weighted by molar-refractivity contribution is 7.92. The topological polar surface area (TPSA) is 58.2 Å². The lowest BCUT2D eigenvalue weighted by molar-refractivity contribution is 0.449. The van der Waals surface area contributed by atoms with E-state index < -0.39 is 27.5 Å². The van der Waals surface area contributed by atoms with Crippen molar-refractivity contribution in [3.63, 3.8) is 0 Å². The van der Waals surface area contributed by atoms with E-state index in [0.29, 0.717) is 11.4 Å². The molecule has 0 saturated carbocycles. The first-order valence-electron chi connectivity index (χ1n) is 6.33. The van der Waals surface area contributed by atoms with Gasteiger partial charge < -0.3 is 5.32 Å². The molecule has 0 atom stereocenters. The maximum Gasteiger partial charge on any atom is 0.232 e. The lowest BCUT2D eigenvalue weighted by Gasteiger charge is -2.10. The van der Waals surface area contributed by atoms with Crippen LogP contribution in [-0.4, -0.2) is 14.2 Å². The molecule has 2 aromatic rings. The van der Waals surface area contributed by atoms with Crippen LogP contribution >= 0.6 is 0 Å². The van der Waals surface area contributed by atoms with Gasteiger partial charge in [-0.1, -0.05) is 0 Å². The molecule has 0 unspecified atom stereocenters.